The number of nitrogens with zero attached hydrogens (tertiary/aromatic N) is 1. The van der Waals surface area contributed by atoms with Gasteiger partial charge in [0.25, 0.3) is 5.56 Å². The van der Waals surface area contributed by atoms with E-state index in [1.165, 1.54) is 23.1 Å². The average molecular weight is 374 g/mol. The van der Waals surface area contributed by atoms with Crippen LogP contribution in [0.3, 0.4) is 0 Å². The van der Waals surface area contributed by atoms with Gasteiger partial charge in [0.15, 0.2) is 5.16 Å². The van der Waals surface area contributed by atoms with E-state index in [9.17, 15) is 9.59 Å². The van der Waals surface area contributed by atoms with Gasteiger partial charge in [0.1, 0.15) is 10.1 Å². The molecule has 3 aromatic rings. The summed E-state index contributed by atoms with van der Waals surface area (Å²) in [5.41, 5.74) is 1.66. The first kappa shape index (κ1) is 17.7. The van der Waals surface area contributed by atoms with Gasteiger partial charge in [-0.25, -0.2) is 4.98 Å². The summed E-state index contributed by atoms with van der Waals surface area (Å²) < 4.78 is 5.19. The summed E-state index contributed by atoms with van der Waals surface area (Å²) in [7, 11) is 0. The third-order valence-electron chi connectivity index (χ3n) is 3.48. The predicted octanol–water partition coefficient (Wildman–Crippen LogP) is 4.08. The predicted molar refractivity (Wildman–Crippen MR) is 102 cm³/mol. The Morgan fingerprint density at radius 1 is 1.24 bits per heavy atom. The molecule has 0 amide bonds. The van der Waals surface area contributed by atoms with E-state index in [-0.39, 0.29) is 17.6 Å². The number of esters is 1. The van der Waals surface area contributed by atoms with E-state index < -0.39 is 5.25 Å². The monoisotopic (exact) mass is 374 g/mol. The zero-order valence-electron chi connectivity index (χ0n) is 14.1. The van der Waals surface area contributed by atoms with Gasteiger partial charge in [0.05, 0.1) is 11.5 Å². The maximum atomic E-state index is 12.6. The molecule has 0 radical (unpaired) electrons. The SMILES string of the molecule is CC(C)OC(=O)[C@@H](C)Sc1nc2scc(-c3ccccc3)c2c(=O)[nH]1. The van der Waals surface area contributed by atoms with Crippen LogP contribution in [0.1, 0.15) is 20.8 Å². The van der Waals surface area contributed by atoms with Gasteiger partial charge < -0.3 is 9.72 Å². The van der Waals surface area contributed by atoms with E-state index in [4.69, 9.17) is 4.74 Å². The summed E-state index contributed by atoms with van der Waals surface area (Å²) in [4.78, 5) is 32.4. The quantitative estimate of drug-likeness (QED) is 0.414. The summed E-state index contributed by atoms with van der Waals surface area (Å²) in [6, 6.07) is 9.74. The number of thioether (sulfide) groups is 1. The zero-order valence-corrected chi connectivity index (χ0v) is 15.7. The molecule has 0 bridgehead atoms. The second-order valence-corrected chi connectivity index (χ2v) is 8.00. The minimum absolute atomic E-state index is 0.171. The van der Waals surface area contributed by atoms with E-state index in [2.05, 4.69) is 9.97 Å². The van der Waals surface area contributed by atoms with Crippen LogP contribution in [0.15, 0.2) is 45.7 Å². The summed E-state index contributed by atoms with van der Waals surface area (Å²) in [6.07, 6.45) is -0.171. The van der Waals surface area contributed by atoms with Gasteiger partial charge in [-0.15, -0.1) is 11.3 Å². The van der Waals surface area contributed by atoms with Crippen LogP contribution in [0.25, 0.3) is 21.3 Å². The lowest BCUT2D eigenvalue weighted by molar-refractivity contribution is -0.146. The van der Waals surface area contributed by atoms with Crippen molar-refractivity contribution in [2.24, 2.45) is 0 Å². The number of carbonyl (C=O) groups excluding carboxylic acids is 1. The van der Waals surface area contributed by atoms with Crippen molar-refractivity contribution in [3.05, 3.63) is 46.1 Å². The Labute approximate surface area is 153 Å². The second-order valence-electron chi connectivity index (χ2n) is 5.81. The fourth-order valence-electron chi connectivity index (χ4n) is 2.36. The van der Waals surface area contributed by atoms with Crippen LogP contribution in [0.5, 0.6) is 0 Å². The largest absolute Gasteiger partial charge is 0.462 e. The number of aromatic nitrogens is 2. The Morgan fingerprint density at radius 2 is 1.96 bits per heavy atom. The van der Waals surface area contributed by atoms with Crippen molar-refractivity contribution >= 4 is 39.3 Å². The molecule has 7 heteroatoms. The fraction of sp³-hybridized carbons (Fsp3) is 0.278. The molecular weight excluding hydrogens is 356 g/mol. The molecule has 130 valence electrons. The highest BCUT2D eigenvalue weighted by Gasteiger charge is 2.20. The molecule has 0 aliphatic carbocycles. The lowest BCUT2D eigenvalue weighted by atomic mass is 10.1. The molecule has 0 spiro atoms. The normalized spacial score (nSPS) is 12.5. The molecule has 2 aromatic heterocycles. The second kappa shape index (κ2) is 7.41. The molecule has 1 N–H and O–H groups in total. The maximum absolute atomic E-state index is 12.6. The Hall–Kier alpha value is -2.12. The van der Waals surface area contributed by atoms with Gasteiger partial charge in [0, 0.05) is 10.9 Å². The van der Waals surface area contributed by atoms with Gasteiger partial charge in [-0.1, -0.05) is 42.1 Å². The summed E-state index contributed by atoms with van der Waals surface area (Å²) in [5.74, 6) is -0.320. The van der Waals surface area contributed by atoms with E-state index in [0.29, 0.717) is 15.4 Å². The van der Waals surface area contributed by atoms with Crippen molar-refractivity contribution in [3.63, 3.8) is 0 Å². The Kier molecular flexibility index (Phi) is 5.24. The number of nitrogens with one attached hydrogen (secondary N) is 1. The van der Waals surface area contributed by atoms with Crippen molar-refractivity contribution < 1.29 is 9.53 Å². The first-order valence-corrected chi connectivity index (χ1v) is 9.65. The van der Waals surface area contributed by atoms with Crippen molar-refractivity contribution in [2.75, 3.05) is 0 Å². The third kappa shape index (κ3) is 3.93. The van der Waals surface area contributed by atoms with Gasteiger partial charge in [-0.3, -0.25) is 9.59 Å². The molecule has 0 unspecified atom stereocenters. The highest BCUT2D eigenvalue weighted by molar-refractivity contribution is 8.00. The molecule has 2 heterocycles. The number of hydrogen-bond acceptors (Lipinski definition) is 6. The molecule has 0 aliphatic heterocycles. The number of thiophene rings is 1. The smallest absolute Gasteiger partial charge is 0.319 e. The zero-order chi connectivity index (χ0) is 18.0. The molecule has 3 rings (SSSR count). The number of carbonyl (C=O) groups is 1. The van der Waals surface area contributed by atoms with E-state index in [1.807, 2.05) is 35.7 Å². The number of rotatable bonds is 5. The van der Waals surface area contributed by atoms with Crippen LogP contribution < -0.4 is 5.56 Å². The van der Waals surface area contributed by atoms with Crippen LogP contribution in [-0.2, 0) is 9.53 Å². The minimum Gasteiger partial charge on any atom is -0.462 e. The minimum atomic E-state index is -0.448. The van der Waals surface area contributed by atoms with E-state index in [1.54, 1.807) is 20.8 Å². The maximum Gasteiger partial charge on any atom is 0.319 e. The number of H-pyrrole nitrogens is 1. The van der Waals surface area contributed by atoms with Crippen molar-refractivity contribution in [2.45, 2.75) is 37.3 Å². The first-order chi connectivity index (χ1) is 12.0. The van der Waals surface area contributed by atoms with Crippen LogP contribution >= 0.6 is 23.1 Å². The van der Waals surface area contributed by atoms with Crippen LogP contribution in [0.4, 0.5) is 0 Å². The Bertz CT molecular complexity index is 948. The van der Waals surface area contributed by atoms with Gasteiger partial charge >= 0.3 is 5.97 Å². The molecular formula is C18H18N2O3S2. The topological polar surface area (TPSA) is 72.0 Å². The van der Waals surface area contributed by atoms with Gasteiger partial charge in [-0.2, -0.15) is 0 Å². The highest BCUT2D eigenvalue weighted by atomic mass is 32.2. The Morgan fingerprint density at radius 3 is 2.64 bits per heavy atom. The Balaban J connectivity index is 1.91. The molecule has 5 nitrogen and oxygen atoms in total. The molecule has 0 saturated heterocycles. The first-order valence-electron chi connectivity index (χ1n) is 7.90. The summed E-state index contributed by atoms with van der Waals surface area (Å²) in [5, 5.41) is 2.49. The fourth-order valence-corrected chi connectivity index (χ4v) is 4.15. The summed E-state index contributed by atoms with van der Waals surface area (Å²) >= 11 is 2.62. The highest BCUT2D eigenvalue weighted by Crippen LogP contribution is 2.31. The molecule has 0 fully saturated rings. The number of benzene rings is 1. The summed E-state index contributed by atoms with van der Waals surface area (Å²) in [6.45, 7) is 5.35. The molecule has 0 saturated carbocycles. The van der Waals surface area contributed by atoms with E-state index in [0.717, 1.165) is 11.1 Å². The van der Waals surface area contributed by atoms with Crippen molar-refractivity contribution in [1.29, 1.82) is 0 Å². The van der Waals surface area contributed by atoms with Crippen LogP contribution in [0.2, 0.25) is 0 Å². The molecule has 1 aromatic carbocycles. The number of ether oxygens (including phenoxy) is 1. The third-order valence-corrected chi connectivity index (χ3v) is 5.31. The number of aromatic amines is 1. The van der Waals surface area contributed by atoms with Crippen LogP contribution in [0, 0.1) is 0 Å². The van der Waals surface area contributed by atoms with Gasteiger partial charge in [0.2, 0.25) is 0 Å². The molecule has 0 aliphatic rings. The van der Waals surface area contributed by atoms with Crippen molar-refractivity contribution in [3.8, 4) is 11.1 Å². The van der Waals surface area contributed by atoms with E-state index >= 15 is 0 Å². The van der Waals surface area contributed by atoms with Crippen molar-refractivity contribution in [1.82, 2.24) is 9.97 Å². The average Bonchev–Trinajstić information content (AvgIpc) is 2.99. The van der Waals surface area contributed by atoms with Crippen LogP contribution in [-0.4, -0.2) is 27.3 Å². The number of fused-ring (bicyclic) bond motifs is 1. The lowest BCUT2D eigenvalue weighted by Gasteiger charge is -2.12. The number of hydrogen-bond donors (Lipinski definition) is 1. The molecule has 1 atom stereocenters. The lowest BCUT2D eigenvalue weighted by Crippen LogP contribution is -2.21. The van der Waals surface area contributed by atoms with Gasteiger partial charge in [-0.05, 0) is 26.3 Å². The molecule has 25 heavy (non-hydrogen) atoms. The standard InChI is InChI=1S/C18H18N2O3S2/c1-10(2)23-17(22)11(3)25-18-19-15(21)14-13(9-24-16(14)20-18)12-7-5-4-6-8-12/h4-11H,1-3H3,(H,19,20,21)/t11-/m1/s1.